The monoisotopic (exact) mass is 395 g/mol. The number of nitriles is 1. The van der Waals surface area contributed by atoms with E-state index in [-0.39, 0.29) is 6.09 Å². The lowest BCUT2D eigenvalue weighted by atomic mass is 10.2. The van der Waals surface area contributed by atoms with Gasteiger partial charge in [0.05, 0.1) is 17.3 Å². The van der Waals surface area contributed by atoms with Crippen LogP contribution in [0.4, 0.5) is 10.5 Å². The van der Waals surface area contributed by atoms with Crippen molar-refractivity contribution in [2.45, 2.75) is 36.2 Å². The lowest BCUT2D eigenvalue weighted by Gasteiger charge is -2.37. The van der Waals surface area contributed by atoms with Crippen molar-refractivity contribution in [1.82, 2.24) is 4.90 Å². The van der Waals surface area contributed by atoms with Crippen molar-refractivity contribution in [2.75, 3.05) is 31.1 Å². The van der Waals surface area contributed by atoms with Gasteiger partial charge in [-0.05, 0) is 51.1 Å². The standard InChI is InChI=1S/C22H25N3O2S/c1-22(2,3)27-21(26)25-13-11-24(12-14-25)19-10-9-17(16-23)15-20(19)28-18-7-5-4-6-8-18/h4-10,15H,11-14H2,1-3H3. The Hall–Kier alpha value is -2.65. The van der Waals surface area contributed by atoms with Gasteiger partial charge in [0.1, 0.15) is 5.60 Å². The second-order valence-corrected chi connectivity index (χ2v) is 8.78. The fourth-order valence-electron chi connectivity index (χ4n) is 3.00. The van der Waals surface area contributed by atoms with Crippen molar-refractivity contribution in [2.24, 2.45) is 0 Å². The van der Waals surface area contributed by atoms with Crippen molar-refractivity contribution in [3.63, 3.8) is 0 Å². The summed E-state index contributed by atoms with van der Waals surface area (Å²) < 4.78 is 5.48. The number of amides is 1. The fourth-order valence-corrected chi connectivity index (χ4v) is 4.03. The number of benzene rings is 2. The van der Waals surface area contributed by atoms with Crippen molar-refractivity contribution in [1.29, 1.82) is 5.26 Å². The van der Waals surface area contributed by atoms with Crippen LogP contribution in [0.25, 0.3) is 0 Å². The van der Waals surface area contributed by atoms with E-state index >= 15 is 0 Å². The van der Waals surface area contributed by atoms with Gasteiger partial charge in [-0.25, -0.2) is 4.79 Å². The third kappa shape index (κ3) is 5.20. The molecule has 0 spiro atoms. The summed E-state index contributed by atoms with van der Waals surface area (Å²) in [6.45, 7) is 8.33. The van der Waals surface area contributed by atoms with Gasteiger partial charge < -0.3 is 14.5 Å². The van der Waals surface area contributed by atoms with Gasteiger partial charge in [0.15, 0.2) is 0 Å². The molecule has 5 nitrogen and oxygen atoms in total. The molecule has 0 unspecified atom stereocenters. The minimum Gasteiger partial charge on any atom is -0.444 e. The van der Waals surface area contributed by atoms with Crippen molar-refractivity contribution in [3.8, 4) is 6.07 Å². The van der Waals surface area contributed by atoms with Gasteiger partial charge in [0.2, 0.25) is 0 Å². The quantitative estimate of drug-likeness (QED) is 0.749. The third-order valence-electron chi connectivity index (χ3n) is 4.33. The van der Waals surface area contributed by atoms with Gasteiger partial charge in [-0.15, -0.1) is 0 Å². The van der Waals surface area contributed by atoms with Crippen LogP contribution in [-0.2, 0) is 4.74 Å². The number of nitrogens with zero attached hydrogens (tertiary/aromatic N) is 3. The Morgan fingerprint density at radius 3 is 2.36 bits per heavy atom. The zero-order valence-electron chi connectivity index (χ0n) is 16.5. The van der Waals surface area contributed by atoms with Crippen LogP contribution in [-0.4, -0.2) is 42.8 Å². The number of hydrogen-bond acceptors (Lipinski definition) is 5. The molecule has 1 fully saturated rings. The molecule has 1 saturated heterocycles. The molecule has 2 aromatic carbocycles. The maximum atomic E-state index is 12.3. The molecule has 0 aromatic heterocycles. The SMILES string of the molecule is CC(C)(C)OC(=O)N1CCN(c2ccc(C#N)cc2Sc2ccccc2)CC1. The van der Waals surface area contributed by atoms with E-state index in [1.54, 1.807) is 16.7 Å². The van der Waals surface area contributed by atoms with Gasteiger partial charge >= 0.3 is 6.09 Å². The van der Waals surface area contributed by atoms with Gasteiger partial charge in [-0.2, -0.15) is 5.26 Å². The predicted molar refractivity (Wildman–Crippen MR) is 112 cm³/mol. The number of carbonyl (C=O) groups is 1. The average Bonchev–Trinajstić information content (AvgIpc) is 2.67. The van der Waals surface area contributed by atoms with Crippen molar-refractivity contribution >= 4 is 23.5 Å². The summed E-state index contributed by atoms with van der Waals surface area (Å²) in [6.07, 6.45) is -0.258. The first kappa shape index (κ1) is 20.1. The second kappa shape index (κ2) is 8.57. The molecular weight excluding hydrogens is 370 g/mol. The zero-order chi connectivity index (χ0) is 20.1. The Labute approximate surface area is 170 Å². The smallest absolute Gasteiger partial charge is 0.410 e. The van der Waals surface area contributed by atoms with E-state index in [1.807, 2.05) is 57.2 Å². The molecule has 0 N–H and O–H groups in total. The van der Waals surface area contributed by atoms with Gasteiger partial charge in [-0.1, -0.05) is 30.0 Å². The molecule has 6 heteroatoms. The number of piperazine rings is 1. The van der Waals surface area contributed by atoms with Gasteiger partial charge in [-0.3, -0.25) is 0 Å². The molecule has 28 heavy (non-hydrogen) atoms. The summed E-state index contributed by atoms with van der Waals surface area (Å²) in [5, 5.41) is 9.29. The maximum absolute atomic E-state index is 12.3. The Morgan fingerprint density at radius 2 is 1.75 bits per heavy atom. The maximum Gasteiger partial charge on any atom is 0.410 e. The van der Waals surface area contributed by atoms with Gasteiger partial charge in [0.25, 0.3) is 0 Å². The second-order valence-electron chi connectivity index (χ2n) is 7.66. The summed E-state index contributed by atoms with van der Waals surface area (Å²) in [5.41, 5.74) is 1.26. The van der Waals surface area contributed by atoms with E-state index in [4.69, 9.17) is 4.74 Å². The largest absolute Gasteiger partial charge is 0.444 e. The van der Waals surface area contributed by atoms with Crippen molar-refractivity contribution in [3.05, 3.63) is 54.1 Å². The molecule has 1 aliphatic heterocycles. The lowest BCUT2D eigenvalue weighted by Crippen LogP contribution is -2.50. The van der Waals surface area contributed by atoms with E-state index < -0.39 is 5.60 Å². The van der Waals surface area contributed by atoms with E-state index in [0.717, 1.165) is 28.6 Å². The van der Waals surface area contributed by atoms with E-state index in [1.165, 1.54) is 0 Å². The number of carbonyl (C=O) groups excluding carboxylic acids is 1. The average molecular weight is 396 g/mol. The highest BCUT2D eigenvalue weighted by Crippen LogP contribution is 2.36. The molecule has 0 aliphatic carbocycles. The first-order chi connectivity index (χ1) is 13.4. The van der Waals surface area contributed by atoms with Crippen LogP contribution >= 0.6 is 11.8 Å². The minimum atomic E-state index is -0.485. The third-order valence-corrected chi connectivity index (χ3v) is 5.39. The molecule has 2 aromatic rings. The molecule has 0 atom stereocenters. The van der Waals surface area contributed by atoms with E-state index in [2.05, 4.69) is 23.1 Å². The van der Waals surface area contributed by atoms with Crippen LogP contribution in [0.5, 0.6) is 0 Å². The van der Waals surface area contributed by atoms with Crippen LogP contribution in [0, 0.1) is 11.3 Å². The number of ether oxygens (including phenoxy) is 1. The van der Waals surface area contributed by atoms with Crippen LogP contribution in [0.15, 0.2) is 58.3 Å². The highest BCUT2D eigenvalue weighted by molar-refractivity contribution is 7.99. The molecule has 1 amide bonds. The van der Waals surface area contributed by atoms with Crippen LogP contribution in [0.1, 0.15) is 26.3 Å². The highest BCUT2D eigenvalue weighted by Gasteiger charge is 2.26. The Balaban J connectivity index is 1.74. The lowest BCUT2D eigenvalue weighted by molar-refractivity contribution is 0.0240. The fraction of sp³-hybridized carbons (Fsp3) is 0.364. The van der Waals surface area contributed by atoms with Crippen molar-refractivity contribution < 1.29 is 9.53 Å². The highest BCUT2D eigenvalue weighted by atomic mass is 32.2. The Bertz CT molecular complexity index is 864. The minimum absolute atomic E-state index is 0.258. The topological polar surface area (TPSA) is 56.6 Å². The number of rotatable bonds is 3. The van der Waals surface area contributed by atoms with E-state index in [0.29, 0.717) is 18.7 Å². The molecule has 146 valence electrons. The summed E-state index contributed by atoms with van der Waals surface area (Å²) in [4.78, 5) is 18.5. The first-order valence-electron chi connectivity index (χ1n) is 9.36. The first-order valence-corrected chi connectivity index (χ1v) is 10.2. The van der Waals surface area contributed by atoms with Gasteiger partial charge in [0, 0.05) is 36.0 Å². The molecule has 0 radical (unpaired) electrons. The molecular formula is C22H25N3O2S. The Kier molecular flexibility index (Phi) is 6.15. The summed E-state index contributed by atoms with van der Waals surface area (Å²) in [6, 6.07) is 18.2. The molecule has 0 saturated carbocycles. The van der Waals surface area contributed by atoms with Crippen LogP contribution in [0.2, 0.25) is 0 Å². The zero-order valence-corrected chi connectivity index (χ0v) is 17.3. The summed E-state index contributed by atoms with van der Waals surface area (Å²) >= 11 is 1.65. The summed E-state index contributed by atoms with van der Waals surface area (Å²) in [5.74, 6) is 0. The predicted octanol–water partition coefficient (Wildman–Crippen LogP) is 4.77. The molecule has 3 rings (SSSR count). The van der Waals surface area contributed by atoms with Crippen LogP contribution < -0.4 is 4.90 Å². The molecule has 1 heterocycles. The molecule has 0 bridgehead atoms. The van der Waals surface area contributed by atoms with E-state index in [9.17, 15) is 10.1 Å². The van der Waals surface area contributed by atoms with Crippen LogP contribution in [0.3, 0.4) is 0 Å². The summed E-state index contributed by atoms with van der Waals surface area (Å²) in [7, 11) is 0. The number of hydrogen-bond donors (Lipinski definition) is 0. The molecule has 1 aliphatic rings. The Morgan fingerprint density at radius 1 is 1.07 bits per heavy atom. The normalized spacial score (nSPS) is 14.5. The number of anilines is 1.